The number of allylic oxidation sites excluding steroid dienone is 1. The van der Waals surface area contributed by atoms with Gasteiger partial charge in [-0.05, 0) is 122 Å². The minimum Gasteiger partial charge on any atom is -0.326 e. The lowest BCUT2D eigenvalue weighted by atomic mass is 9.97. The maximum Gasteiger partial charge on any atom is 0.0702 e. The van der Waals surface area contributed by atoms with Crippen molar-refractivity contribution in [2.24, 2.45) is 4.99 Å². The van der Waals surface area contributed by atoms with Gasteiger partial charge in [0, 0.05) is 43.9 Å². The molecule has 6 rings (SSSR count). The van der Waals surface area contributed by atoms with Gasteiger partial charge in [-0.1, -0.05) is 48.5 Å². The van der Waals surface area contributed by atoms with E-state index in [1.165, 1.54) is 32.0 Å². The number of pyridine rings is 1. The van der Waals surface area contributed by atoms with Crippen LogP contribution >= 0.6 is 35.5 Å². The van der Waals surface area contributed by atoms with Gasteiger partial charge in [0.05, 0.1) is 16.0 Å². The molecule has 0 radical (unpaired) electrons. The first-order valence-corrected chi connectivity index (χ1v) is 17.0. The Hall–Kier alpha value is -3.71. The van der Waals surface area contributed by atoms with Crippen molar-refractivity contribution in [3.8, 4) is 22.4 Å². The Morgan fingerprint density at radius 1 is 0.698 bits per heavy atom. The van der Waals surface area contributed by atoms with E-state index in [2.05, 4.69) is 126 Å². The molecule has 4 aromatic carbocycles. The van der Waals surface area contributed by atoms with E-state index in [0.29, 0.717) is 4.58 Å². The molecular weight excluding hydrogens is 583 g/mol. The molecule has 1 aliphatic heterocycles. The van der Waals surface area contributed by atoms with Crippen molar-refractivity contribution in [2.75, 3.05) is 4.72 Å². The molecule has 3 nitrogen and oxygen atoms in total. The van der Waals surface area contributed by atoms with Crippen LogP contribution in [0.15, 0.2) is 141 Å². The highest BCUT2D eigenvalue weighted by atomic mass is 32.2. The number of aromatic nitrogens is 1. The van der Waals surface area contributed by atoms with Gasteiger partial charge in [-0.3, -0.25) is 9.98 Å². The lowest BCUT2D eigenvalue weighted by molar-refractivity contribution is 1.09. The Morgan fingerprint density at radius 2 is 1.49 bits per heavy atom. The number of hydrogen-bond donors (Lipinski definition) is 1. The van der Waals surface area contributed by atoms with Gasteiger partial charge in [-0.2, -0.15) is 0 Å². The highest BCUT2D eigenvalue weighted by Crippen LogP contribution is 2.38. The third kappa shape index (κ3) is 7.82. The monoisotopic (exact) mass is 615 g/mol. The predicted molar refractivity (Wildman–Crippen MR) is 189 cm³/mol. The van der Waals surface area contributed by atoms with E-state index in [-0.39, 0.29) is 0 Å². The van der Waals surface area contributed by atoms with E-state index in [1.54, 1.807) is 11.9 Å². The van der Waals surface area contributed by atoms with Crippen LogP contribution in [0.4, 0.5) is 5.69 Å². The number of nitrogens with one attached hydrogen (secondary N) is 1. The number of benzene rings is 4. The van der Waals surface area contributed by atoms with Gasteiger partial charge in [0.1, 0.15) is 0 Å². The van der Waals surface area contributed by atoms with Crippen molar-refractivity contribution in [2.45, 2.75) is 46.0 Å². The zero-order valence-corrected chi connectivity index (χ0v) is 26.7. The number of anilines is 1. The lowest BCUT2D eigenvalue weighted by Crippen LogP contribution is -1.92. The topological polar surface area (TPSA) is 37.3 Å². The van der Waals surface area contributed by atoms with Crippen LogP contribution in [0.2, 0.25) is 0 Å². The Labute approximate surface area is 267 Å². The van der Waals surface area contributed by atoms with Crippen LogP contribution in [-0.2, 0) is 0 Å². The molecule has 1 N–H and O–H groups in total. The summed E-state index contributed by atoms with van der Waals surface area (Å²) < 4.78 is 3.86. The summed E-state index contributed by atoms with van der Waals surface area (Å²) >= 11 is 5.41. The van der Waals surface area contributed by atoms with Gasteiger partial charge >= 0.3 is 0 Å². The van der Waals surface area contributed by atoms with Gasteiger partial charge in [-0.15, -0.1) is 23.5 Å². The molecule has 214 valence electrons. The van der Waals surface area contributed by atoms with Crippen molar-refractivity contribution in [1.82, 2.24) is 4.98 Å². The van der Waals surface area contributed by atoms with Gasteiger partial charge in [-0.25, -0.2) is 0 Å². The van der Waals surface area contributed by atoms with Crippen LogP contribution in [0, 0.1) is 6.92 Å². The first-order chi connectivity index (χ1) is 21.1. The van der Waals surface area contributed by atoms with Crippen molar-refractivity contribution in [3.05, 3.63) is 133 Å². The predicted octanol–water partition coefficient (Wildman–Crippen LogP) is 11.3. The number of rotatable bonds is 10. The van der Waals surface area contributed by atoms with Gasteiger partial charge in [0.25, 0.3) is 0 Å². The summed E-state index contributed by atoms with van der Waals surface area (Å²) in [6, 6.07) is 38.7. The summed E-state index contributed by atoms with van der Waals surface area (Å²) in [6.45, 7) is 4.48. The molecule has 1 aliphatic rings. The summed E-state index contributed by atoms with van der Waals surface area (Å²) in [6.07, 6.45) is 8.18. The van der Waals surface area contributed by atoms with Crippen LogP contribution in [0.5, 0.6) is 0 Å². The molecule has 1 aromatic heterocycles. The first kappa shape index (κ1) is 29.4. The fourth-order valence-corrected chi connectivity index (χ4v) is 7.98. The van der Waals surface area contributed by atoms with E-state index in [0.717, 1.165) is 40.4 Å². The van der Waals surface area contributed by atoms with E-state index in [9.17, 15) is 0 Å². The van der Waals surface area contributed by atoms with Crippen molar-refractivity contribution < 1.29 is 0 Å². The normalized spacial score (nSPS) is 13.4. The molecule has 0 bridgehead atoms. The van der Waals surface area contributed by atoms with E-state index in [4.69, 9.17) is 0 Å². The molecule has 0 spiro atoms. The Morgan fingerprint density at radius 3 is 2.28 bits per heavy atom. The third-order valence-corrected chi connectivity index (χ3v) is 10.2. The second-order valence-corrected chi connectivity index (χ2v) is 14.3. The third-order valence-electron chi connectivity index (χ3n) is 7.07. The second kappa shape index (κ2) is 14.2. The van der Waals surface area contributed by atoms with Crippen LogP contribution in [0.3, 0.4) is 0 Å². The molecule has 1 atom stereocenters. The number of aryl methyl sites for hydroxylation is 1. The largest absolute Gasteiger partial charge is 0.326 e. The zero-order chi connectivity index (χ0) is 29.4. The molecule has 0 amide bonds. The minimum atomic E-state index is 0.382. The zero-order valence-electron chi connectivity index (χ0n) is 24.2. The smallest absolute Gasteiger partial charge is 0.0702 e. The molecule has 0 saturated heterocycles. The average Bonchev–Trinajstić information content (AvgIpc) is 3.05. The van der Waals surface area contributed by atoms with Gasteiger partial charge in [0.15, 0.2) is 0 Å². The SMILES string of the molecule is Cc1cc(SC(C)Sc2ccc(NSc3cccc(-c4ccccn4)c3)cc2)ccc1-c1cccc(C2=CCCC=N2)c1. The fourth-order valence-electron chi connectivity index (χ4n) is 4.96. The van der Waals surface area contributed by atoms with Crippen LogP contribution in [0.1, 0.15) is 30.9 Å². The summed E-state index contributed by atoms with van der Waals surface area (Å²) in [7, 11) is 0. The van der Waals surface area contributed by atoms with Crippen LogP contribution in [0.25, 0.3) is 28.1 Å². The van der Waals surface area contributed by atoms with E-state index in [1.807, 2.05) is 54.1 Å². The van der Waals surface area contributed by atoms with Crippen molar-refractivity contribution >= 4 is 53.1 Å². The number of aliphatic imine (C=N–C) groups is 1. The minimum absolute atomic E-state index is 0.382. The van der Waals surface area contributed by atoms with E-state index >= 15 is 0 Å². The molecule has 2 heterocycles. The molecule has 0 aliphatic carbocycles. The number of nitrogens with zero attached hydrogens (tertiary/aromatic N) is 2. The molecule has 0 fully saturated rings. The maximum atomic E-state index is 4.60. The number of hydrogen-bond acceptors (Lipinski definition) is 6. The molecule has 6 heteroatoms. The quantitative estimate of drug-likeness (QED) is 0.0961. The summed E-state index contributed by atoms with van der Waals surface area (Å²) in [5.41, 5.74) is 9.26. The highest BCUT2D eigenvalue weighted by molar-refractivity contribution is 8.17. The number of thioether (sulfide) groups is 2. The Balaban J connectivity index is 1.03. The van der Waals surface area contributed by atoms with Crippen LogP contribution in [-0.4, -0.2) is 15.8 Å². The molecule has 0 saturated carbocycles. The summed E-state index contributed by atoms with van der Waals surface area (Å²) in [5.74, 6) is 0. The molecule has 1 unspecified atom stereocenters. The highest BCUT2D eigenvalue weighted by Gasteiger charge is 2.11. The standard InChI is InChI=1S/C37H33N3S3/c1-26-23-33(19-20-35(26)28-9-7-10-29(24-28)36-13-3-5-21-38-36)42-27(2)41-32-17-15-31(16-18-32)40-43-34-12-8-11-30(25-34)37-14-4-6-22-39-37/h4,6-25,27,40H,3,5H2,1-2H3. The maximum absolute atomic E-state index is 4.60. The average molecular weight is 616 g/mol. The van der Waals surface area contributed by atoms with E-state index < -0.39 is 0 Å². The first-order valence-electron chi connectivity index (χ1n) is 14.4. The summed E-state index contributed by atoms with van der Waals surface area (Å²) in [5, 5.41) is 0. The Bertz CT molecular complexity index is 1750. The molecular formula is C37H33N3S3. The lowest BCUT2D eigenvalue weighted by Gasteiger charge is -2.14. The van der Waals surface area contributed by atoms with Crippen LogP contribution < -0.4 is 4.72 Å². The fraction of sp³-hybridized carbons (Fsp3) is 0.135. The van der Waals surface area contributed by atoms with Crippen molar-refractivity contribution in [1.29, 1.82) is 0 Å². The Kier molecular flexibility index (Phi) is 9.68. The van der Waals surface area contributed by atoms with Gasteiger partial charge in [0.2, 0.25) is 0 Å². The molecule has 5 aromatic rings. The molecule has 43 heavy (non-hydrogen) atoms. The summed E-state index contributed by atoms with van der Waals surface area (Å²) in [4.78, 5) is 12.8. The van der Waals surface area contributed by atoms with Crippen molar-refractivity contribution in [3.63, 3.8) is 0 Å². The second-order valence-electron chi connectivity index (χ2n) is 10.3. The van der Waals surface area contributed by atoms with Gasteiger partial charge < -0.3 is 4.72 Å².